The van der Waals surface area contributed by atoms with Crippen molar-refractivity contribution in [3.63, 3.8) is 0 Å². The lowest BCUT2D eigenvalue weighted by Crippen LogP contribution is -2.44. The van der Waals surface area contributed by atoms with Gasteiger partial charge in [-0.05, 0) is 69.1 Å². The van der Waals surface area contributed by atoms with Crippen molar-refractivity contribution in [2.75, 3.05) is 13.1 Å². The van der Waals surface area contributed by atoms with Crippen LogP contribution in [0.25, 0.3) is 6.08 Å². The lowest BCUT2D eigenvalue weighted by molar-refractivity contribution is -0.128. The number of hydrogen-bond acceptors (Lipinski definition) is 1. The fraction of sp³-hybridized carbons (Fsp3) is 0.667. The number of aromatic nitrogens is 1. The zero-order valence-corrected chi connectivity index (χ0v) is 15.1. The van der Waals surface area contributed by atoms with Gasteiger partial charge in [-0.2, -0.15) is 0 Å². The van der Waals surface area contributed by atoms with Gasteiger partial charge in [-0.3, -0.25) is 4.79 Å². The molecule has 2 aliphatic carbocycles. The van der Waals surface area contributed by atoms with Crippen LogP contribution in [0.5, 0.6) is 0 Å². The van der Waals surface area contributed by atoms with Gasteiger partial charge in [-0.25, -0.2) is 0 Å². The van der Waals surface area contributed by atoms with Crippen molar-refractivity contribution in [3.8, 4) is 0 Å². The second-order valence-electron chi connectivity index (χ2n) is 8.14. The minimum Gasteiger partial charge on any atom is -0.346 e. The molecule has 1 saturated heterocycles. The molecule has 1 aromatic rings. The highest BCUT2D eigenvalue weighted by Crippen LogP contribution is 2.39. The molecule has 0 unspecified atom stereocenters. The Bertz CT molecular complexity index is 653. The van der Waals surface area contributed by atoms with Crippen LogP contribution in [0, 0.1) is 25.7 Å². The number of rotatable bonds is 3. The SMILES string of the molecule is Cc1cc(/C=C/C(=O)N2CC[C@@H]3CCCC[C@@H]3C2)c(C)n1C1CC1. The third-order valence-corrected chi connectivity index (χ3v) is 6.44. The van der Waals surface area contributed by atoms with Crippen LogP contribution in [0.2, 0.25) is 0 Å². The van der Waals surface area contributed by atoms with E-state index in [-0.39, 0.29) is 5.91 Å². The number of carbonyl (C=O) groups is 1. The molecule has 1 amide bonds. The Morgan fingerprint density at radius 2 is 1.83 bits per heavy atom. The number of carbonyl (C=O) groups excluding carboxylic acids is 1. The summed E-state index contributed by atoms with van der Waals surface area (Å²) in [5.74, 6) is 1.84. The number of likely N-dealkylation sites (tertiary alicyclic amines) is 1. The van der Waals surface area contributed by atoms with E-state index in [2.05, 4.69) is 29.4 Å². The molecule has 0 radical (unpaired) electrons. The summed E-state index contributed by atoms with van der Waals surface area (Å²) < 4.78 is 2.44. The molecule has 3 nitrogen and oxygen atoms in total. The van der Waals surface area contributed by atoms with Crippen LogP contribution < -0.4 is 0 Å². The van der Waals surface area contributed by atoms with E-state index in [1.807, 2.05) is 12.2 Å². The van der Waals surface area contributed by atoms with Gasteiger partial charge >= 0.3 is 0 Å². The van der Waals surface area contributed by atoms with Crippen LogP contribution in [0.3, 0.4) is 0 Å². The van der Waals surface area contributed by atoms with Crippen molar-refractivity contribution in [1.82, 2.24) is 9.47 Å². The highest BCUT2D eigenvalue weighted by molar-refractivity contribution is 5.92. The maximum atomic E-state index is 12.6. The fourth-order valence-corrected chi connectivity index (χ4v) is 4.93. The standard InChI is InChI=1S/C21H30N2O/c1-15-13-18(16(2)23(15)20-8-9-20)7-10-21(24)22-12-11-17-5-3-4-6-19(17)14-22/h7,10,13,17,19-20H,3-6,8-9,11-12,14H2,1-2H3/b10-7+/t17-,19+/m0/s1. The summed E-state index contributed by atoms with van der Waals surface area (Å²) in [7, 11) is 0. The van der Waals surface area contributed by atoms with Gasteiger partial charge in [0.05, 0.1) is 0 Å². The van der Waals surface area contributed by atoms with E-state index >= 15 is 0 Å². The molecule has 130 valence electrons. The molecule has 0 N–H and O–H groups in total. The van der Waals surface area contributed by atoms with Gasteiger partial charge in [0, 0.05) is 36.6 Å². The Morgan fingerprint density at radius 1 is 1.08 bits per heavy atom. The first kappa shape index (κ1) is 16.0. The van der Waals surface area contributed by atoms with Crippen LogP contribution >= 0.6 is 0 Å². The predicted octanol–water partition coefficient (Wildman–Crippen LogP) is 4.49. The molecule has 1 aliphatic heterocycles. The van der Waals surface area contributed by atoms with Gasteiger partial charge in [-0.15, -0.1) is 0 Å². The van der Waals surface area contributed by atoms with Crippen molar-refractivity contribution in [3.05, 3.63) is 29.1 Å². The second-order valence-corrected chi connectivity index (χ2v) is 8.14. The summed E-state index contributed by atoms with van der Waals surface area (Å²) in [5.41, 5.74) is 3.84. The molecule has 2 saturated carbocycles. The van der Waals surface area contributed by atoms with Crippen LogP contribution in [0.4, 0.5) is 0 Å². The summed E-state index contributed by atoms with van der Waals surface area (Å²) in [5, 5.41) is 0. The number of amides is 1. The van der Waals surface area contributed by atoms with E-state index in [1.54, 1.807) is 0 Å². The lowest BCUT2D eigenvalue weighted by Gasteiger charge is -2.41. The maximum Gasteiger partial charge on any atom is 0.246 e. The second kappa shape index (κ2) is 6.42. The summed E-state index contributed by atoms with van der Waals surface area (Å²) in [6.07, 6.45) is 13.1. The number of fused-ring (bicyclic) bond motifs is 1. The number of piperidine rings is 1. The number of aryl methyl sites for hydroxylation is 1. The monoisotopic (exact) mass is 326 g/mol. The van der Waals surface area contributed by atoms with Gasteiger partial charge in [0.2, 0.25) is 5.91 Å². The minimum atomic E-state index is 0.204. The Labute approximate surface area is 145 Å². The Balaban J connectivity index is 1.42. The van der Waals surface area contributed by atoms with Crippen molar-refractivity contribution >= 4 is 12.0 Å². The fourth-order valence-electron chi connectivity index (χ4n) is 4.93. The highest BCUT2D eigenvalue weighted by atomic mass is 16.2. The summed E-state index contributed by atoms with van der Waals surface area (Å²) in [6.45, 7) is 6.29. The molecule has 3 fully saturated rings. The van der Waals surface area contributed by atoms with E-state index in [0.717, 1.165) is 24.9 Å². The Hall–Kier alpha value is -1.51. The lowest BCUT2D eigenvalue weighted by atomic mass is 9.75. The molecule has 4 rings (SSSR count). The van der Waals surface area contributed by atoms with Gasteiger partial charge in [0.1, 0.15) is 0 Å². The Kier molecular flexibility index (Phi) is 4.28. The predicted molar refractivity (Wildman–Crippen MR) is 97.9 cm³/mol. The quantitative estimate of drug-likeness (QED) is 0.751. The van der Waals surface area contributed by atoms with Gasteiger partial charge in [0.25, 0.3) is 0 Å². The molecule has 0 bridgehead atoms. The van der Waals surface area contributed by atoms with Crippen molar-refractivity contribution in [2.24, 2.45) is 11.8 Å². The summed E-state index contributed by atoms with van der Waals surface area (Å²) in [6, 6.07) is 2.93. The zero-order valence-electron chi connectivity index (χ0n) is 15.1. The molecule has 0 spiro atoms. The zero-order chi connectivity index (χ0) is 16.7. The summed E-state index contributed by atoms with van der Waals surface area (Å²) in [4.78, 5) is 14.7. The topological polar surface area (TPSA) is 25.2 Å². The van der Waals surface area contributed by atoms with Crippen molar-refractivity contribution < 1.29 is 4.79 Å². The maximum absolute atomic E-state index is 12.6. The third-order valence-electron chi connectivity index (χ3n) is 6.44. The Morgan fingerprint density at radius 3 is 2.58 bits per heavy atom. The molecular weight excluding hydrogens is 296 g/mol. The van der Waals surface area contributed by atoms with Crippen molar-refractivity contribution in [1.29, 1.82) is 0 Å². The molecule has 2 atom stereocenters. The van der Waals surface area contributed by atoms with E-state index in [4.69, 9.17) is 0 Å². The first-order chi connectivity index (χ1) is 11.6. The van der Waals surface area contributed by atoms with E-state index in [0.29, 0.717) is 6.04 Å². The molecule has 0 aromatic carbocycles. The molecule has 3 aliphatic rings. The van der Waals surface area contributed by atoms with Gasteiger partial charge in [-0.1, -0.05) is 19.3 Å². The van der Waals surface area contributed by atoms with Crippen molar-refractivity contribution in [2.45, 2.75) is 64.8 Å². The van der Waals surface area contributed by atoms with Crippen LogP contribution in [-0.2, 0) is 4.79 Å². The number of hydrogen-bond donors (Lipinski definition) is 0. The van der Waals surface area contributed by atoms with Crippen LogP contribution in [-0.4, -0.2) is 28.5 Å². The molecule has 3 heteroatoms. The molecule has 24 heavy (non-hydrogen) atoms. The minimum absolute atomic E-state index is 0.204. The molecule has 1 aromatic heterocycles. The highest BCUT2D eigenvalue weighted by Gasteiger charge is 2.32. The van der Waals surface area contributed by atoms with Crippen LogP contribution in [0.15, 0.2) is 12.1 Å². The van der Waals surface area contributed by atoms with E-state index in [9.17, 15) is 4.79 Å². The largest absolute Gasteiger partial charge is 0.346 e. The normalized spacial score (nSPS) is 27.5. The average Bonchev–Trinajstić information content (AvgIpc) is 3.38. The third kappa shape index (κ3) is 3.05. The first-order valence-electron chi connectivity index (χ1n) is 9.79. The van der Waals surface area contributed by atoms with Crippen LogP contribution in [0.1, 0.15) is 67.9 Å². The molecule has 2 heterocycles. The molecular formula is C21H30N2O. The number of nitrogens with zero attached hydrogens (tertiary/aromatic N) is 2. The smallest absolute Gasteiger partial charge is 0.246 e. The summed E-state index contributed by atoms with van der Waals surface area (Å²) >= 11 is 0. The van der Waals surface area contributed by atoms with E-state index in [1.165, 1.54) is 61.9 Å². The first-order valence-corrected chi connectivity index (χ1v) is 9.79. The van der Waals surface area contributed by atoms with E-state index < -0.39 is 0 Å². The van der Waals surface area contributed by atoms with Gasteiger partial charge in [0.15, 0.2) is 0 Å². The average molecular weight is 326 g/mol. The van der Waals surface area contributed by atoms with Gasteiger partial charge < -0.3 is 9.47 Å².